The zero-order chi connectivity index (χ0) is 14.4. The molecule has 114 valence electrons. The zero-order valence-corrected chi connectivity index (χ0v) is 12.1. The number of rotatable bonds is 7. The number of nitrogens with one attached hydrogen (secondary N) is 2. The monoisotopic (exact) mass is 282 g/mol. The van der Waals surface area contributed by atoms with Gasteiger partial charge in [-0.2, -0.15) is 0 Å². The van der Waals surface area contributed by atoms with E-state index in [2.05, 4.69) is 10.6 Å². The van der Waals surface area contributed by atoms with Gasteiger partial charge in [0.2, 0.25) is 5.91 Å². The van der Waals surface area contributed by atoms with Gasteiger partial charge >= 0.3 is 5.97 Å². The van der Waals surface area contributed by atoms with Gasteiger partial charge in [-0.05, 0) is 38.1 Å². The first-order valence-electron chi connectivity index (χ1n) is 7.83. The summed E-state index contributed by atoms with van der Waals surface area (Å²) in [5.74, 6) is -0.101. The van der Waals surface area contributed by atoms with Gasteiger partial charge in [-0.1, -0.05) is 25.7 Å². The van der Waals surface area contributed by atoms with E-state index in [1.807, 2.05) is 0 Å². The van der Waals surface area contributed by atoms with E-state index in [9.17, 15) is 14.7 Å². The van der Waals surface area contributed by atoms with Crippen LogP contribution in [0, 0.1) is 11.3 Å². The fraction of sp³-hybridized carbons (Fsp3) is 0.867. The topological polar surface area (TPSA) is 78.4 Å². The molecule has 1 amide bonds. The Morgan fingerprint density at radius 3 is 2.30 bits per heavy atom. The fourth-order valence-corrected chi connectivity index (χ4v) is 2.91. The number of carboxylic acids is 1. The van der Waals surface area contributed by atoms with Crippen molar-refractivity contribution in [2.45, 2.75) is 51.4 Å². The third kappa shape index (κ3) is 4.47. The van der Waals surface area contributed by atoms with Crippen LogP contribution in [0.5, 0.6) is 0 Å². The summed E-state index contributed by atoms with van der Waals surface area (Å²) in [5, 5.41) is 15.5. The smallest absolute Gasteiger partial charge is 0.311 e. The highest BCUT2D eigenvalue weighted by Gasteiger charge is 2.38. The average Bonchev–Trinajstić information content (AvgIpc) is 3.23. The van der Waals surface area contributed by atoms with Gasteiger partial charge in [-0.3, -0.25) is 9.59 Å². The third-order valence-corrected chi connectivity index (χ3v) is 4.55. The summed E-state index contributed by atoms with van der Waals surface area (Å²) in [6.07, 6.45) is 7.98. The third-order valence-electron chi connectivity index (χ3n) is 4.55. The highest BCUT2D eigenvalue weighted by molar-refractivity contribution is 5.80. The molecule has 0 aliphatic heterocycles. The van der Waals surface area contributed by atoms with Gasteiger partial charge < -0.3 is 15.7 Å². The molecule has 0 aromatic heterocycles. The van der Waals surface area contributed by atoms with Gasteiger partial charge in [-0.15, -0.1) is 0 Å². The highest BCUT2D eigenvalue weighted by atomic mass is 16.4. The molecular formula is C15H26N2O3. The van der Waals surface area contributed by atoms with Crippen LogP contribution in [0.2, 0.25) is 0 Å². The highest BCUT2D eigenvalue weighted by Crippen LogP contribution is 2.34. The molecule has 0 atom stereocenters. The Morgan fingerprint density at radius 2 is 1.75 bits per heavy atom. The molecule has 2 saturated carbocycles. The van der Waals surface area contributed by atoms with Crippen molar-refractivity contribution < 1.29 is 14.7 Å². The van der Waals surface area contributed by atoms with Crippen LogP contribution in [-0.4, -0.2) is 36.6 Å². The van der Waals surface area contributed by atoms with E-state index in [1.54, 1.807) is 0 Å². The van der Waals surface area contributed by atoms with Crippen LogP contribution in [-0.2, 0) is 9.59 Å². The Balaban J connectivity index is 1.75. The molecule has 20 heavy (non-hydrogen) atoms. The number of hydrogen-bond donors (Lipinski definition) is 3. The van der Waals surface area contributed by atoms with E-state index in [4.69, 9.17) is 0 Å². The van der Waals surface area contributed by atoms with Crippen molar-refractivity contribution in [2.75, 3.05) is 19.6 Å². The normalized spacial score (nSPS) is 22.0. The quantitative estimate of drug-likeness (QED) is 0.619. The first-order chi connectivity index (χ1) is 9.62. The first kappa shape index (κ1) is 15.3. The van der Waals surface area contributed by atoms with Crippen LogP contribution in [0.4, 0.5) is 0 Å². The maximum absolute atomic E-state index is 11.8. The Hall–Kier alpha value is -1.10. The summed E-state index contributed by atoms with van der Waals surface area (Å²) < 4.78 is 0. The maximum atomic E-state index is 11.8. The Morgan fingerprint density at radius 1 is 1.10 bits per heavy atom. The molecule has 5 heteroatoms. The van der Waals surface area contributed by atoms with Crippen LogP contribution in [0.3, 0.4) is 0 Å². The number of carbonyl (C=O) groups excluding carboxylic acids is 1. The summed E-state index contributed by atoms with van der Waals surface area (Å²) in [5.41, 5.74) is -0.747. The van der Waals surface area contributed by atoms with Crippen molar-refractivity contribution in [3.05, 3.63) is 0 Å². The van der Waals surface area contributed by atoms with E-state index < -0.39 is 11.4 Å². The molecular weight excluding hydrogens is 256 g/mol. The van der Waals surface area contributed by atoms with Gasteiger partial charge in [0.05, 0.1) is 12.0 Å². The largest absolute Gasteiger partial charge is 0.481 e. The lowest BCUT2D eigenvalue weighted by molar-refractivity contribution is -0.149. The molecule has 2 rings (SSSR count). The molecule has 0 heterocycles. The molecule has 0 bridgehead atoms. The van der Waals surface area contributed by atoms with E-state index in [1.165, 1.54) is 12.8 Å². The molecule has 0 unspecified atom stereocenters. The van der Waals surface area contributed by atoms with E-state index in [-0.39, 0.29) is 12.5 Å². The van der Waals surface area contributed by atoms with Crippen molar-refractivity contribution in [3.63, 3.8) is 0 Å². The summed E-state index contributed by atoms with van der Waals surface area (Å²) in [6.45, 7) is 1.47. The molecule has 2 fully saturated rings. The second-order valence-corrected chi connectivity index (χ2v) is 6.35. The molecule has 5 nitrogen and oxygen atoms in total. The second kappa shape index (κ2) is 7.07. The summed E-state index contributed by atoms with van der Waals surface area (Å²) >= 11 is 0. The Kier molecular flexibility index (Phi) is 5.40. The summed E-state index contributed by atoms with van der Waals surface area (Å²) in [7, 11) is 0. The van der Waals surface area contributed by atoms with E-state index in [0.29, 0.717) is 19.4 Å². The minimum atomic E-state index is -0.759. The summed E-state index contributed by atoms with van der Waals surface area (Å²) in [6, 6.07) is 0. The van der Waals surface area contributed by atoms with Crippen molar-refractivity contribution in [3.8, 4) is 0 Å². The standard InChI is InChI=1S/C15H26N2O3/c18-13(10-16-9-12-5-6-12)17-11-15(14(19)20)7-3-1-2-4-8-15/h12,16H,1-11H2,(H,17,18)(H,19,20). The molecule has 0 saturated heterocycles. The molecule has 0 aromatic rings. The average molecular weight is 282 g/mol. The maximum Gasteiger partial charge on any atom is 0.311 e. The van der Waals surface area contributed by atoms with Gasteiger partial charge in [0, 0.05) is 6.54 Å². The van der Waals surface area contributed by atoms with Crippen LogP contribution in [0.15, 0.2) is 0 Å². The van der Waals surface area contributed by atoms with Gasteiger partial charge in [-0.25, -0.2) is 0 Å². The van der Waals surface area contributed by atoms with Crippen LogP contribution < -0.4 is 10.6 Å². The van der Waals surface area contributed by atoms with Crippen molar-refractivity contribution in [2.24, 2.45) is 11.3 Å². The SMILES string of the molecule is O=C(CNCC1CC1)NCC1(C(=O)O)CCCCCC1. The van der Waals surface area contributed by atoms with Crippen LogP contribution >= 0.6 is 0 Å². The zero-order valence-electron chi connectivity index (χ0n) is 12.1. The van der Waals surface area contributed by atoms with Gasteiger partial charge in [0.1, 0.15) is 0 Å². The predicted molar refractivity (Wildman–Crippen MR) is 76.4 cm³/mol. The number of hydrogen-bond acceptors (Lipinski definition) is 3. The van der Waals surface area contributed by atoms with Crippen molar-refractivity contribution in [1.82, 2.24) is 10.6 Å². The van der Waals surface area contributed by atoms with Gasteiger partial charge in [0.25, 0.3) is 0 Å². The predicted octanol–water partition coefficient (Wildman–Crippen LogP) is 1.53. The molecule has 3 N–H and O–H groups in total. The van der Waals surface area contributed by atoms with Crippen LogP contribution in [0.25, 0.3) is 0 Å². The minimum Gasteiger partial charge on any atom is -0.481 e. The minimum absolute atomic E-state index is 0.0875. The first-order valence-corrected chi connectivity index (χ1v) is 7.83. The van der Waals surface area contributed by atoms with Crippen molar-refractivity contribution >= 4 is 11.9 Å². The van der Waals surface area contributed by atoms with Crippen LogP contribution in [0.1, 0.15) is 51.4 Å². The molecule has 0 aromatic carbocycles. The molecule has 0 radical (unpaired) electrons. The molecule has 0 spiro atoms. The second-order valence-electron chi connectivity index (χ2n) is 6.35. The lowest BCUT2D eigenvalue weighted by Gasteiger charge is -2.28. The lowest BCUT2D eigenvalue weighted by Crippen LogP contribution is -2.45. The lowest BCUT2D eigenvalue weighted by atomic mass is 9.80. The number of carbonyl (C=O) groups is 2. The Labute approximate surface area is 120 Å². The van der Waals surface area contributed by atoms with Gasteiger partial charge in [0.15, 0.2) is 0 Å². The number of amides is 1. The van der Waals surface area contributed by atoms with E-state index >= 15 is 0 Å². The summed E-state index contributed by atoms with van der Waals surface area (Å²) in [4.78, 5) is 23.4. The molecule has 2 aliphatic rings. The Bertz CT molecular complexity index is 345. The number of carboxylic acid groups (broad SMARTS) is 1. The fourth-order valence-electron chi connectivity index (χ4n) is 2.91. The number of aliphatic carboxylic acids is 1. The molecule has 2 aliphatic carbocycles. The van der Waals surface area contributed by atoms with Crippen molar-refractivity contribution in [1.29, 1.82) is 0 Å². The van der Waals surface area contributed by atoms with E-state index in [0.717, 1.165) is 38.1 Å².